The van der Waals surface area contributed by atoms with Gasteiger partial charge in [-0.1, -0.05) is 27.2 Å². The largest absolute Gasteiger partial charge is 0.383 e. The predicted molar refractivity (Wildman–Crippen MR) is 129 cm³/mol. The first kappa shape index (κ1) is 25.1. The van der Waals surface area contributed by atoms with Gasteiger partial charge in [0.1, 0.15) is 11.5 Å². The Morgan fingerprint density at radius 2 is 1.85 bits per heavy atom. The Balaban J connectivity index is 2.03. The molecule has 0 saturated carbocycles. The second-order valence-corrected chi connectivity index (χ2v) is 10.6. The molecule has 184 valence electrons. The van der Waals surface area contributed by atoms with Gasteiger partial charge in [-0.25, -0.2) is 13.2 Å². The van der Waals surface area contributed by atoms with Crippen molar-refractivity contribution >= 4 is 21.3 Å². The first-order valence-corrected chi connectivity index (χ1v) is 12.9. The third-order valence-corrected chi connectivity index (χ3v) is 6.36. The van der Waals surface area contributed by atoms with Gasteiger partial charge in [0.15, 0.2) is 15.7 Å². The second-order valence-electron chi connectivity index (χ2n) is 8.55. The standard InChI is InChI=1S/C21H30N8O4S/c1-5-6-11-28-19(22)18(20(30)23-21(28)31)27(12-14(2)3)13-17-24-25-26-29(17)15-7-9-16(10-8-15)34(4,32)33/h7-10,14H,5-6,11-13,22H2,1-4H3,(H,23,30,31). The van der Waals surface area contributed by atoms with Crippen LogP contribution in [0.1, 0.15) is 39.4 Å². The fourth-order valence-corrected chi connectivity index (χ4v) is 4.24. The number of nitrogens with one attached hydrogen (secondary N) is 1. The zero-order valence-corrected chi connectivity index (χ0v) is 20.5. The van der Waals surface area contributed by atoms with Gasteiger partial charge in [-0.3, -0.25) is 14.3 Å². The van der Waals surface area contributed by atoms with E-state index in [2.05, 4.69) is 20.5 Å². The van der Waals surface area contributed by atoms with E-state index in [-0.39, 0.29) is 28.9 Å². The van der Waals surface area contributed by atoms with E-state index >= 15 is 0 Å². The van der Waals surface area contributed by atoms with Crippen molar-refractivity contribution in [2.45, 2.75) is 51.6 Å². The Bertz CT molecular complexity index is 1360. The van der Waals surface area contributed by atoms with Gasteiger partial charge in [0.25, 0.3) is 5.56 Å². The van der Waals surface area contributed by atoms with Gasteiger partial charge >= 0.3 is 5.69 Å². The zero-order chi connectivity index (χ0) is 25.0. The van der Waals surface area contributed by atoms with E-state index in [1.54, 1.807) is 17.0 Å². The monoisotopic (exact) mass is 490 g/mol. The summed E-state index contributed by atoms with van der Waals surface area (Å²) in [4.78, 5) is 29.5. The summed E-state index contributed by atoms with van der Waals surface area (Å²) in [5.74, 6) is 0.672. The number of anilines is 2. The average Bonchev–Trinajstić information content (AvgIpc) is 3.20. The number of nitrogens with zero attached hydrogens (tertiary/aromatic N) is 6. The number of benzene rings is 1. The molecule has 3 N–H and O–H groups in total. The topological polar surface area (TPSA) is 162 Å². The van der Waals surface area contributed by atoms with E-state index in [0.29, 0.717) is 24.6 Å². The number of aromatic nitrogens is 6. The smallest absolute Gasteiger partial charge is 0.330 e. The number of nitrogens with two attached hydrogens (primary N) is 1. The van der Waals surface area contributed by atoms with Crippen molar-refractivity contribution in [1.29, 1.82) is 0 Å². The van der Waals surface area contributed by atoms with E-state index in [1.807, 2.05) is 20.8 Å². The second kappa shape index (κ2) is 10.2. The SMILES string of the molecule is CCCCn1c(N)c(N(Cc2nnnn2-c2ccc(S(C)(=O)=O)cc2)CC(C)C)c(=O)[nH]c1=O. The summed E-state index contributed by atoms with van der Waals surface area (Å²) in [7, 11) is -3.34. The molecule has 13 heteroatoms. The molecule has 0 aliphatic carbocycles. The van der Waals surface area contributed by atoms with Crippen LogP contribution in [0.5, 0.6) is 0 Å². The van der Waals surface area contributed by atoms with Crippen molar-refractivity contribution in [2.24, 2.45) is 5.92 Å². The van der Waals surface area contributed by atoms with Gasteiger partial charge < -0.3 is 10.6 Å². The maximum atomic E-state index is 12.8. The van der Waals surface area contributed by atoms with Gasteiger partial charge in [-0.15, -0.1) is 5.10 Å². The lowest BCUT2D eigenvalue weighted by Crippen LogP contribution is -2.40. The van der Waals surface area contributed by atoms with Crippen LogP contribution in [0.2, 0.25) is 0 Å². The highest BCUT2D eigenvalue weighted by Crippen LogP contribution is 2.22. The Kier molecular flexibility index (Phi) is 7.54. The van der Waals surface area contributed by atoms with Crippen LogP contribution in [0.3, 0.4) is 0 Å². The number of nitrogen functional groups attached to an aromatic ring is 1. The summed E-state index contributed by atoms with van der Waals surface area (Å²) >= 11 is 0. The number of sulfone groups is 1. The number of hydrogen-bond donors (Lipinski definition) is 2. The van der Waals surface area contributed by atoms with Crippen LogP contribution in [0.15, 0.2) is 38.8 Å². The van der Waals surface area contributed by atoms with Crippen LogP contribution in [-0.4, -0.2) is 51.0 Å². The summed E-state index contributed by atoms with van der Waals surface area (Å²) < 4.78 is 26.4. The normalized spacial score (nSPS) is 11.8. The third-order valence-electron chi connectivity index (χ3n) is 5.23. The average molecular weight is 491 g/mol. The van der Waals surface area contributed by atoms with Crippen LogP contribution in [0.25, 0.3) is 5.69 Å². The van der Waals surface area contributed by atoms with Gasteiger partial charge in [0, 0.05) is 19.3 Å². The highest BCUT2D eigenvalue weighted by molar-refractivity contribution is 7.90. The number of hydrogen-bond acceptors (Lipinski definition) is 9. The van der Waals surface area contributed by atoms with Crippen molar-refractivity contribution < 1.29 is 8.42 Å². The summed E-state index contributed by atoms with van der Waals surface area (Å²) in [6.45, 7) is 6.98. The number of rotatable bonds is 10. The molecule has 0 aliphatic rings. The van der Waals surface area contributed by atoms with Crippen molar-refractivity contribution in [2.75, 3.05) is 23.4 Å². The highest BCUT2D eigenvalue weighted by Gasteiger charge is 2.22. The first-order valence-electron chi connectivity index (χ1n) is 11.0. The van der Waals surface area contributed by atoms with Crippen LogP contribution in [0.4, 0.5) is 11.5 Å². The van der Waals surface area contributed by atoms with E-state index in [4.69, 9.17) is 5.73 Å². The van der Waals surface area contributed by atoms with Crippen molar-refractivity contribution in [3.05, 3.63) is 50.9 Å². The molecular weight excluding hydrogens is 460 g/mol. The van der Waals surface area contributed by atoms with Gasteiger partial charge in [-0.05, 0) is 47.0 Å². The molecule has 12 nitrogen and oxygen atoms in total. The first-order chi connectivity index (χ1) is 16.0. The van der Waals surface area contributed by atoms with E-state index < -0.39 is 21.1 Å². The zero-order valence-electron chi connectivity index (χ0n) is 19.7. The van der Waals surface area contributed by atoms with Crippen molar-refractivity contribution in [1.82, 2.24) is 29.8 Å². The van der Waals surface area contributed by atoms with Gasteiger partial charge in [-0.2, -0.15) is 4.68 Å². The van der Waals surface area contributed by atoms with E-state index in [0.717, 1.165) is 19.1 Å². The van der Waals surface area contributed by atoms with Crippen molar-refractivity contribution in [3.8, 4) is 5.69 Å². The quantitative estimate of drug-likeness (QED) is 0.421. The Morgan fingerprint density at radius 3 is 2.44 bits per heavy atom. The Morgan fingerprint density at radius 1 is 1.18 bits per heavy atom. The number of tetrazole rings is 1. The summed E-state index contributed by atoms with van der Waals surface area (Å²) in [6, 6.07) is 6.17. The minimum absolute atomic E-state index is 0.0966. The summed E-state index contributed by atoms with van der Waals surface area (Å²) in [5.41, 5.74) is 5.95. The molecular formula is C21H30N8O4S. The molecule has 1 aromatic carbocycles. The Labute approximate surface area is 197 Å². The molecule has 0 atom stereocenters. The molecule has 0 aliphatic heterocycles. The van der Waals surface area contributed by atoms with Crippen LogP contribution >= 0.6 is 0 Å². The highest BCUT2D eigenvalue weighted by atomic mass is 32.2. The maximum absolute atomic E-state index is 12.8. The van der Waals surface area contributed by atoms with Crippen LogP contribution in [0, 0.1) is 5.92 Å². The molecule has 0 bridgehead atoms. The third kappa shape index (κ3) is 5.53. The van der Waals surface area contributed by atoms with Crippen LogP contribution < -0.4 is 21.9 Å². The maximum Gasteiger partial charge on any atom is 0.330 e. The van der Waals surface area contributed by atoms with E-state index in [1.165, 1.54) is 21.4 Å². The molecule has 3 rings (SSSR count). The lowest BCUT2D eigenvalue weighted by Gasteiger charge is -2.27. The summed E-state index contributed by atoms with van der Waals surface area (Å²) in [5, 5.41) is 11.9. The molecule has 0 amide bonds. The molecule has 34 heavy (non-hydrogen) atoms. The summed E-state index contributed by atoms with van der Waals surface area (Å²) in [6.07, 6.45) is 2.74. The minimum Gasteiger partial charge on any atom is -0.383 e. The molecule has 0 saturated heterocycles. The molecule has 0 spiro atoms. The lowest BCUT2D eigenvalue weighted by atomic mass is 10.2. The molecule has 0 fully saturated rings. The number of H-pyrrole nitrogens is 1. The number of unbranched alkanes of at least 4 members (excludes halogenated alkanes) is 1. The van der Waals surface area contributed by atoms with E-state index in [9.17, 15) is 18.0 Å². The molecule has 3 aromatic rings. The van der Waals surface area contributed by atoms with Gasteiger partial charge in [0.2, 0.25) is 0 Å². The van der Waals surface area contributed by atoms with Gasteiger partial charge in [0.05, 0.1) is 17.1 Å². The molecule has 2 aromatic heterocycles. The number of aromatic amines is 1. The van der Waals surface area contributed by atoms with Crippen molar-refractivity contribution in [3.63, 3.8) is 0 Å². The Hall–Kier alpha value is -3.48. The molecule has 0 radical (unpaired) electrons. The fraction of sp³-hybridized carbons (Fsp3) is 0.476. The van der Waals surface area contributed by atoms with Crippen LogP contribution in [-0.2, 0) is 22.9 Å². The minimum atomic E-state index is -3.34. The molecule has 0 unspecified atom stereocenters. The fourth-order valence-electron chi connectivity index (χ4n) is 3.61. The lowest BCUT2D eigenvalue weighted by molar-refractivity contribution is 0.578. The predicted octanol–water partition coefficient (Wildman–Crippen LogP) is 0.961. The molecule has 2 heterocycles.